The van der Waals surface area contributed by atoms with E-state index in [-0.39, 0.29) is 31.1 Å². The minimum absolute atomic E-state index is 0.0671. The maximum atomic E-state index is 12.8. The molecule has 0 aliphatic carbocycles. The number of unbranched alkanes of at least 4 members (excludes halogenated alkanes) is 36. The molecule has 6 nitrogen and oxygen atoms in total. The molecular weight excluding hydrogens is 745 g/mol. The van der Waals surface area contributed by atoms with Crippen LogP contribution in [0, 0.1) is 0 Å². The number of hydrogen-bond donors (Lipinski definition) is 0. The van der Waals surface area contributed by atoms with Gasteiger partial charge in [0.25, 0.3) is 0 Å². The van der Waals surface area contributed by atoms with Crippen LogP contribution < -0.4 is 0 Å². The number of hydrogen-bond acceptors (Lipinski definition) is 6. The number of carbonyl (C=O) groups is 3. The zero-order valence-electron chi connectivity index (χ0n) is 40.5. The summed E-state index contributed by atoms with van der Waals surface area (Å²) < 4.78 is 16.8. The molecule has 354 valence electrons. The Labute approximate surface area is 373 Å². The van der Waals surface area contributed by atoms with Gasteiger partial charge in [-0.2, -0.15) is 0 Å². The van der Waals surface area contributed by atoms with E-state index in [0.29, 0.717) is 19.3 Å². The van der Waals surface area contributed by atoms with Crippen LogP contribution in [-0.2, 0) is 28.6 Å². The van der Waals surface area contributed by atoms with Crippen LogP contribution in [0.2, 0.25) is 0 Å². The van der Waals surface area contributed by atoms with Crippen molar-refractivity contribution in [2.24, 2.45) is 0 Å². The molecule has 0 radical (unpaired) electrons. The molecule has 0 aromatic carbocycles. The highest BCUT2D eigenvalue weighted by molar-refractivity contribution is 5.71. The molecule has 6 heteroatoms. The zero-order valence-corrected chi connectivity index (χ0v) is 40.5. The van der Waals surface area contributed by atoms with Crippen LogP contribution in [0.4, 0.5) is 0 Å². The number of esters is 3. The molecule has 0 amide bonds. The van der Waals surface area contributed by atoms with Crippen molar-refractivity contribution >= 4 is 17.9 Å². The van der Waals surface area contributed by atoms with Gasteiger partial charge in [0, 0.05) is 19.3 Å². The van der Waals surface area contributed by atoms with Gasteiger partial charge in [0.2, 0.25) is 0 Å². The molecular formula is C54H102O6. The first-order valence-electron chi connectivity index (χ1n) is 26.7. The van der Waals surface area contributed by atoms with Gasteiger partial charge < -0.3 is 14.2 Å². The summed E-state index contributed by atoms with van der Waals surface area (Å²) in [6, 6.07) is 0. The van der Waals surface area contributed by atoms with E-state index >= 15 is 0 Å². The van der Waals surface area contributed by atoms with Crippen molar-refractivity contribution in [2.75, 3.05) is 13.2 Å². The highest BCUT2D eigenvalue weighted by Gasteiger charge is 2.19. The van der Waals surface area contributed by atoms with Crippen molar-refractivity contribution < 1.29 is 28.6 Å². The Morgan fingerprint density at radius 2 is 0.567 bits per heavy atom. The van der Waals surface area contributed by atoms with Crippen LogP contribution in [0.3, 0.4) is 0 Å². The molecule has 0 N–H and O–H groups in total. The minimum Gasteiger partial charge on any atom is -0.462 e. The molecule has 60 heavy (non-hydrogen) atoms. The number of ether oxygens (including phenoxy) is 3. The summed E-state index contributed by atoms with van der Waals surface area (Å²) in [5, 5.41) is 0. The predicted octanol–water partition coefficient (Wildman–Crippen LogP) is 17.4. The maximum absolute atomic E-state index is 12.8. The zero-order chi connectivity index (χ0) is 43.7. The van der Waals surface area contributed by atoms with Gasteiger partial charge in [0.15, 0.2) is 6.10 Å². The Morgan fingerprint density at radius 3 is 0.883 bits per heavy atom. The third kappa shape index (κ3) is 47.2. The van der Waals surface area contributed by atoms with Crippen LogP contribution in [0.25, 0.3) is 0 Å². The summed E-state index contributed by atoms with van der Waals surface area (Å²) in [7, 11) is 0. The van der Waals surface area contributed by atoms with E-state index in [2.05, 4.69) is 32.9 Å². The summed E-state index contributed by atoms with van der Waals surface area (Å²) >= 11 is 0. The summed E-state index contributed by atoms with van der Waals surface area (Å²) in [6.07, 6.45) is 54.8. The van der Waals surface area contributed by atoms with Crippen molar-refractivity contribution in [3.63, 3.8) is 0 Å². The normalized spacial score (nSPS) is 12.0. The molecule has 0 aromatic rings. The average molecular weight is 847 g/mol. The first-order valence-corrected chi connectivity index (χ1v) is 26.7. The first kappa shape index (κ1) is 58.1. The van der Waals surface area contributed by atoms with E-state index < -0.39 is 6.10 Å². The smallest absolute Gasteiger partial charge is 0.306 e. The molecule has 0 aliphatic rings. The largest absolute Gasteiger partial charge is 0.462 e. The Kier molecular flexibility index (Phi) is 48.3. The van der Waals surface area contributed by atoms with Gasteiger partial charge in [-0.1, -0.05) is 251 Å². The van der Waals surface area contributed by atoms with Crippen LogP contribution in [0.1, 0.15) is 297 Å². The highest BCUT2D eigenvalue weighted by atomic mass is 16.6. The monoisotopic (exact) mass is 847 g/mol. The van der Waals surface area contributed by atoms with E-state index in [1.54, 1.807) is 0 Å². The van der Waals surface area contributed by atoms with E-state index in [0.717, 1.165) is 64.2 Å². The van der Waals surface area contributed by atoms with Gasteiger partial charge >= 0.3 is 17.9 Å². The second-order valence-electron chi connectivity index (χ2n) is 18.2. The number of rotatable bonds is 49. The molecule has 0 saturated carbocycles. The highest BCUT2D eigenvalue weighted by Crippen LogP contribution is 2.17. The van der Waals surface area contributed by atoms with Crippen molar-refractivity contribution in [3.8, 4) is 0 Å². The molecule has 0 rings (SSSR count). The molecule has 0 bridgehead atoms. The molecule has 0 heterocycles. The van der Waals surface area contributed by atoms with Gasteiger partial charge in [-0.3, -0.25) is 14.4 Å². The molecule has 0 aliphatic heterocycles. The third-order valence-corrected chi connectivity index (χ3v) is 12.0. The van der Waals surface area contributed by atoms with Crippen LogP contribution in [-0.4, -0.2) is 37.2 Å². The standard InChI is InChI=1S/C54H102O6/c1-4-7-10-13-16-19-22-24-25-26-27-28-30-32-35-38-41-44-47-53(56)59-50-51(49-58-52(55)46-43-40-37-34-31-21-18-15-12-9-6-3)60-54(57)48-45-42-39-36-33-29-23-20-17-14-11-8-5-2/h15,18,51H,4-14,16-17,19-50H2,1-3H3/b18-15-/t51-/m1/s1. The quantitative estimate of drug-likeness (QED) is 0.0263. The van der Waals surface area contributed by atoms with Crippen LogP contribution >= 0.6 is 0 Å². The van der Waals surface area contributed by atoms with Crippen molar-refractivity contribution in [1.82, 2.24) is 0 Å². The molecule has 0 fully saturated rings. The van der Waals surface area contributed by atoms with Gasteiger partial charge in [-0.15, -0.1) is 0 Å². The fourth-order valence-electron chi connectivity index (χ4n) is 7.95. The van der Waals surface area contributed by atoms with Crippen LogP contribution in [0.15, 0.2) is 12.2 Å². The lowest BCUT2D eigenvalue weighted by Crippen LogP contribution is -2.30. The minimum atomic E-state index is -0.766. The lowest BCUT2D eigenvalue weighted by Gasteiger charge is -2.18. The van der Waals surface area contributed by atoms with E-state index in [1.165, 1.54) is 193 Å². The summed E-state index contributed by atoms with van der Waals surface area (Å²) in [6.45, 7) is 6.63. The van der Waals surface area contributed by atoms with Crippen molar-refractivity contribution in [3.05, 3.63) is 12.2 Å². The fraction of sp³-hybridized carbons (Fsp3) is 0.907. The van der Waals surface area contributed by atoms with Gasteiger partial charge in [-0.25, -0.2) is 0 Å². The third-order valence-electron chi connectivity index (χ3n) is 12.0. The van der Waals surface area contributed by atoms with E-state index in [9.17, 15) is 14.4 Å². The van der Waals surface area contributed by atoms with E-state index in [1.807, 2.05) is 0 Å². The van der Waals surface area contributed by atoms with Gasteiger partial charge in [-0.05, 0) is 38.5 Å². The Morgan fingerprint density at radius 1 is 0.317 bits per heavy atom. The summed E-state index contributed by atoms with van der Waals surface area (Å²) in [4.78, 5) is 37.9. The van der Waals surface area contributed by atoms with Crippen molar-refractivity contribution in [2.45, 2.75) is 303 Å². The molecule has 1 atom stereocenters. The van der Waals surface area contributed by atoms with Gasteiger partial charge in [0.05, 0.1) is 0 Å². The Balaban J connectivity index is 4.27. The fourth-order valence-corrected chi connectivity index (χ4v) is 7.95. The van der Waals surface area contributed by atoms with E-state index in [4.69, 9.17) is 14.2 Å². The Hall–Kier alpha value is -1.85. The molecule has 0 unspecified atom stereocenters. The second kappa shape index (κ2) is 49.8. The van der Waals surface area contributed by atoms with Crippen molar-refractivity contribution in [1.29, 1.82) is 0 Å². The number of allylic oxidation sites excluding steroid dienone is 2. The maximum Gasteiger partial charge on any atom is 0.306 e. The number of carbonyl (C=O) groups excluding carboxylic acids is 3. The topological polar surface area (TPSA) is 78.9 Å². The summed E-state index contributed by atoms with van der Waals surface area (Å²) in [5.41, 5.74) is 0. The summed E-state index contributed by atoms with van der Waals surface area (Å²) in [5.74, 6) is -0.859. The molecule has 0 saturated heterocycles. The SMILES string of the molecule is CCCC/C=C\CCCCCCCC(=O)OC[C@H](COC(=O)CCCCCCCCCCCCCCCCCCCC)OC(=O)CCCCCCCCCCCCCCC. The van der Waals surface area contributed by atoms with Gasteiger partial charge in [0.1, 0.15) is 13.2 Å². The van der Waals surface area contributed by atoms with Crippen LogP contribution in [0.5, 0.6) is 0 Å². The lowest BCUT2D eigenvalue weighted by molar-refractivity contribution is -0.167. The molecule has 0 aromatic heterocycles. The average Bonchev–Trinajstić information content (AvgIpc) is 3.24. The first-order chi connectivity index (χ1) is 29.5. The Bertz CT molecular complexity index is 931. The molecule has 0 spiro atoms. The second-order valence-corrected chi connectivity index (χ2v) is 18.2. The lowest BCUT2D eigenvalue weighted by atomic mass is 10.0. The predicted molar refractivity (Wildman–Crippen MR) is 256 cm³/mol.